The number of carbonyl (C=O) groups excluding carboxylic acids is 1. The third kappa shape index (κ3) is 3.35. The maximum atomic E-state index is 12.9. The van der Waals surface area contributed by atoms with Gasteiger partial charge in [0.1, 0.15) is 0 Å². The van der Waals surface area contributed by atoms with Crippen LogP contribution >= 0.6 is 0 Å². The van der Waals surface area contributed by atoms with Crippen molar-refractivity contribution in [3.05, 3.63) is 59.8 Å². The quantitative estimate of drug-likeness (QED) is 0.872. The van der Waals surface area contributed by atoms with Gasteiger partial charge in [0.2, 0.25) is 5.88 Å². The number of rotatable bonds is 3. The Kier molecular flexibility index (Phi) is 4.57. The number of aromatic nitrogens is 1. The Morgan fingerprint density at radius 2 is 1.96 bits per heavy atom. The highest BCUT2D eigenvalue weighted by molar-refractivity contribution is 5.94. The van der Waals surface area contributed by atoms with Crippen LogP contribution < -0.4 is 4.74 Å². The summed E-state index contributed by atoms with van der Waals surface area (Å²) in [5.74, 6) is 0.529. The zero-order valence-electron chi connectivity index (χ0n) is 13.5. The number of carbonyl (C=O) groups is 1. The molecular weight excluding hydrogens is 290 g/mol. The summed E-state index contributed by atoms with van der Waals surface area (Å²) in [6.45, 7) is 2.42. The van der Waals surface area contributed by atoms with Crippen molar-refractivity contribution in [2.75, 3.05) is 33.8 Å². The molecule has 120 valence electrons. The van der Waals surface area contributed by atoms with Crippen molar-refractivity contribution < 1.29 is 9.53 Å². The van der Waals surface area contributed by atoms with Crippen LogP contribution in [0.3, 0.4) is 0 Å². The van der Waals surface area contributed by atoms with Gasteiger partial charge in [0, 0.05) is 31.9 Å². The van der Waals surface area contributed by atoms with E-state index in [-0.39, 0.29) is 11.9 Å². The maximum Gasteiger partial charge on any atom is 0.256 e. The Morgan fingerprint density at radius 3 is 2.61 bits per heavy atom. The van der Waals surface area contributed by atoms with Crippen molar-refractivity contribution in [2.24, 2.45) is 0 Å². The van der Waals surface area contributed by atoms with Crippen LogP contribution in [-0.2, 0) is 0 Å². The molecule has 0 unspecified atom stereocenters. The fraction of sp³-hybridized carbons (Fsp3) is 0.333. The van der Waals surface area contributed by atoms with E-state index >= 15 is 0 Å². The molecule has 1 amide bonds. The number of hydrogen-bond acceptors (Lipinski definition) is 4. The van der Waals surface area contributed by atoms with E-state index in [2.05, 4.69) is 29.1 Å². The highest BCUT2D eigenvalue weighted by Gasteiger charge is 2.30. The van der Waals surface area contributed by atoms with Crippen molar-refractivity contribution >= 4 is 5.91 Å². The molecule has 1 aliphatic heterocycles. The number of hydrogen-bond donors (Lipinski definition) is 0. The molecule has 5 nitrogen and oxygen atoms in total. The van der Waals surface area contributed by atoms with E-state index in [9.17, 15) is 4.79 Å². The molecule has 1 atom stereocenters. The van der Waals surface area contributed by atoms with Gasteiger partial charge in [-0.1, -0.05) is 30.3 Å². The van der Waals surface area contributed by atoms with E-state index in [1.54, 1.807) is 25.4 Å². The van der Waals surface area contributed by atoms with Gasteiger partial charge in [-0.05, 0) is 18.7 Å². The minimum atomic E-state index is 0.0158. The van der Waals surface area contributed by atoms with Gasteiger partial charge in [-0.15, -0.1) is 0 Å². The molecule has 5 heteroatoms. The second-order valence-electron chi connectivity index (χ2n) is 5.78. The molecule has 0 bridgehead atoms. The zero-order chi connectivity index (χ0) is 16.2. The van der Waals surface area contributed by atoms with Crippen molar-refractivity contribution in [1.82, 2.24) is 14.8 Å². The molecular formula is C18H21N3O2. The number of methoxy groups -OCH3 is 1. The number of likely N-dealkylation sites (N-methyl/N-ethyl adjacent to an activating group) is 1. The van der Waals surface area contributed by atoms with E-state index in [4.69, 9.17) is 4.74 Å². The minimum Gasteiger partial charge on any atom is -0.481 e. The lowest BCUT2D eigenvalue weighted by molar-refractivity contribution is 0.0497. The molecule has 1 aliphatic rings. The molecule has 0 saturated carbocycles. The van der Waals surface area contributed by atoms with Crippen LogP contribution in [0.2, 0.25) is 0 Å². The molecule has 1 aromatic heterocycles. The Hall–Kier alpha value is -2.40. The first-order chi connectivity index (χ1) is 11.2. The lowest BCUT2D eigenvalue weighted by Gasteiger charge is -2.40. The largest absolute Gasteiger partial charge is 0.481 e. The highest BCUT2D eigenvalue weighted by Crippen LogP contribution is 2.26. The summed E-state index contributed by atoms with van der Waals surface area (Å²) in [5, 5.41) is 0. The van der Waals surface area contributed by atoms with E-state index in [1.807, 2.05) is 23.1 Å². The summed E-state index contributed by atoms with van der Waals surface area (Å²) in [5.41, 5.74) is 1.75. The maximum absolute atomic E-state index is 12.9. The van der Waals surface area contributed by atoms with Crippen LogP contribution in [-0.4, -0.2) is 54.5 Å². The second kappa shape index (κ2) is 6.79. The van der Waals surface area contributed by atoms with Gasteiger partial charge in [0.05, 0.1) is 18.7 Å². The van der Waals surface area contributed by atoms with Gasteiger partial charge in [0.25, 0.3) is 5.91 Å². The highest BCUT2D eigenvalue weighted by atomic mass is 16.5. The summed E-state index contributed by atoms with van der Waals surface area (Å²) in [4.78, 5) is 21.3. The Morgan fingerprint density at radius 1 is 1.17 bits per heavy atom. The lowest BCUT2D eigenvalue weighted by Crippen LogP contribution is -2.49. The summed E-state index contributed by atoms with van der Waals surface area (Å²) in [7, 11) is 3.66. The van der Waals surface area contributed by atoms with Crippen LogP contribution in [0.5, 0.6) is 5.88 Å². The number of nitrogens with zero attached hydrogens (tertiary/aromatic N) is 3. The molecule has 1 saturated heterocycles. The van der Waals surface area contributed by atoms with Crippen LogP contribution in [0.15, 0.2) is 48.7 Å². The predicted molar refractivity (Wildman–Crippen MR) is 88.5 cm³/mol. The van der Waals surface area contributed by atoms with Crippen LogP contribution in [0.25, 0.3) is 0 Å². The smallest absolute Gasteiger partial charge is 0.256 e. The monoisotopic (exact) mass is 311 g/mol. The first kappa shape index (κ1) is 15.5. The molecule has 2 heterocycles. The normalized spacial score (nSPS) is 18.7. The number of piperazine rings is 1. The summed E-state index contributed by atoms with van der Waals surface area (Å²) < 4.78 is 5.06. The van der Waals surface area contributed by atoms with Crippen molar-refractivity contribution in [1.29, 1.82) is 0 Å². The molecule has 2 aromatic rings. The van der Waals surface area contributed by atoms with E-state index in [0.717, 1.165) is 18.7 Å². The number of ether oxygens (including phenoxy) is 1. The Balaban J connectivity index is 1.86. The van der Waals surface area contributed by atoms with Crippen molar-refractivity contribution in [3.8, 4) is 5.88 Å². The van der Waals surface area contributed by atoms with Crippen LogP contribution in [0, 0.1) is 0 Å². The lowest BCUT2D eigenvalue weighted by atomic mass is 10.0. The van der Waals surface area contributed by atoms with E-state index in [1.165, 1.54) is 0 Å². The van der Waals surface area contributed by atoms with Gasteiger partial charge in [-0.3, -0.25) is 4.79 Å². The average molecular weight is 311 g/mol. The van der Waals surface area contributed by atoms with E-state index < -0.39 is 0 Å². The summed E-state index contributed by atoms with van der Waals surface area (Å²) in [6.07, 6.45) is 1.58. The second-order valence-corrected chi connectivity index (χ2v) is 5.78. The SMILES string of the molecule is COc1ccc(C(=O)N2CCN(C)C[C@H]2c2ccccc2)cn1. The van der Waals surface area contributed by atoms with Crippen molar-refractivity contribution in [2.45, 2.75) is 6.04 Å². The van der Waals surface area contributed by atoms with E-state index in [0.29, 0.717) is 18.0 Å². The third-order valence-electron chi connectivity index (χ3n) is 4.22. The van der Waals surface area contributed by atoms with Gasteiger partial charge in [-0.25, -0.2) is 4.98 Å². The average Bonchev–Trinajstić information content (AvgIpc) is 2.62. The first-order valence-corrected chi connectivity index (χ1v) is 7.73. The number of pyridine rings is 1. The third-order valence-corrected chi connectivity index (χ3v) is 4.22. The molecule has 23 heavy (non-hydrogen) atoms. The Bertz CT molecular complexity index is 658. The Labute approximate surface area is 136 Å². The molecule has 0 aliphatic carbocycles. The molecule has 0 N–H and O–H groups in total. The summed E-state index contributed by atoms with van der Waals surface area (Å²) in [6, 6.07) is 13.7. The first-order valence-electron chi connectivity index (χ1n) is 7.73. The van der Waals surface area contributed by atoms with Gasteiger partial charge in [0.15, 0.2) is 0 Å². The van der Waals surface area contributed by atoms with Crippen LogP contribution in [0.1, 0.15) is 22.0 Å². The van der Waals surface area contributed by atoms with Gasteiger partial charge < -0.3 is 14.5 Å². The molecule has 0 spiro atoms. The summed E-state index contributed by atoms with van der Waals surface area (Å²) >= 11 is 0. The predicted octanol–water partition coefficient (Wildman–Crippen LogP) is 2.22. The fourth-order valence-corrected chi connectivity index (χ4v) is 2.92. The minimum absolute atomic E-state index is 0.0158. The topological polar surface area (TPSA) is 45.7 Å². The van der Waals surface area contributed by atoms with Gasteiger partial charge in [-0.2, -0.15) is 0 Å². The molecule has 1 fully saturated rings. The molecule has 3 rings (SSSR count). The van der Waals surface area contributed by atoms with Crippen molar-refractivity contribution in [3.63, 3.8) is 0 Å². The van der Waals surface area contributed by atoms with Gasteiger partial charge >= 0.3 is 0 Å². The number of amides is 1. The molecule has 0 radical (unpaired) electrons. The zero-order valence-corrected chi connectivity index (χ0v) is 13.5. The standard InChI is InChI=1S/C18H21N3O2/c1-20-10-11-21(16(13-20)14-6-4-3-5-7-14)18(22)15-8-9-17(23-2)19-12-15/h3-9,12,16H,10-11,13H2,1-2H3/t16-/m0/s1. The number of benzene rings is 1. The molecule has 1 aromatic carbocycles. The van der Waals surface area contributed by atoms with Crippen LogP contribution in [0.4, 0.5) is 0 Å². The fourth-order valence-electron chi connectivity index (χ4n) is 2.92.